The van der Waals surface area contributed by atoms with Crippen LogP contribution in [0.5, 0.6) is 0 Å². The van der Waals surface area contributed by atoms with Crippen molar-refractivity contribution < 1.29 is 4.79 Å². The number of carbonyl (C=O) groups excluding carboxylic acids is 1. The minimum Gasteiger partial charge on any atom is -0.349 e. The van der Waals surface area contributed by atoms with E-state index in [1.165, 1.54) is 0 Å². The quantitative estimate of drug-likeness (QED) is 0.814. The molecular formula is C15H22BrN3O. The maximum absolute atomic E-state index is 12.4. The number of hydrogen-bond acceptors (Lipinski definition) is 3. The van der Waals surface area contributed by atoms with Gasteiger partial charge in [-0.2, -0.15) is 0 Å². The zero-order valence-corrected chi connectivity index (χ0v) is 14.0. The van der Waals surface area contributed by atoms with Crippen molar-refractivity contribution in [3.63, 3.8) is 0 Å². The molecular weight excluding hydrogens is 318 g/mol. The number of halogens is 1. The second-order valence-corrected chi connectivity index (χ2v) is 7.56. The monoisotopic (exact) mass is 339 g/mol. The van der Waals surface area contributed by atoms with Crippen molar-refractivity contribution in [2.75, 3.05) is 0 Å². The van der Waals surface area contributed by atoms with Gasteiger partial charge in [-0.3, -0.25) is 4.79 Å². The predicted molar refractivity (Wildman–Crippen MR) is 83.7 cm³/mol. The molecule has 110 valence electrons. The summed E-state index contributed by atoms with van der Waals surface area (Å²) in [5, 5.41) is 6.75. The lowest BCUT2D eigenvalue weighted by Crippen LogP contribution is -2.62. The Labute approximate surface area is 128 Å². The van der Waals surface area contributed by atoms with Gasteiger partial charge in [0.15, 0.2) is 0 Å². The highest BCUT2D eigenvalue weighted by molar-refractivity contribution is 9.10. The van der Waals surface area contributed by atoms with Gasteiger partial charge in [0.1, 0.15) is 4.60 Å². The number of nitrogens with zero attached hydrogens (tertiary/aromatic N) is 1. The molecule has 0 atom stereocenters. The van der Waals surface area contributed by atoms with E-state index in [1.807, 2.05) is 0 Å². The predicted octanol–water partition coefficient (Wildman–Crippen LogP) is 2.88. The third-order valence-electron chi connectivity index (χ3n) is 3.53. The van der Waals surface area contributed by atoms with E-state index in [1.54, 1.807) is 18.3 Å². The fourth-order valence-electron chi connectivity index (χ4n) is 3.24. The van der Waals surface area contributed by atoms with Crippen LogP contribution in [0.2, 0.25) is 0 Å². The number of carbonyl (C=O) groups is 1. The van der Waals surface area contributed by atoms with Crippen molar-refractivity contribution in [3.05, 3.63) is 28.5 Å². The fourth-order valence-corrected chi connectivity index (χ4v) is 3.67. The van der Waals surface area contributed by atoms with Crippen LogP contribution < -0.4 is 10.6 Å². The summed E-state index contributed by atoms with van der Waals surface area (Å²) in [5.74, 6) is -0.0662. The van der Waals surface area contributed by atoms with Crippen LogP contribution in [0.15, 0.2) is 22.9 Å². The molecule has 2 N–H and O–H groups in total. The average Bonchev–Trinajstić information content (AvgIpc) is 2.24. The van der Waals surface area contributed by atoms with E-state index in [0.717, 1.165) is 12.8 Å². The van der Waals surface area contributed by atoms with E-state index < -0.39 is 0 Å². The van der Waals surface area contributed by atoms with Crippen molar-refractivity contribution in [2.45, 2.75) is 57.7 Å². The van der Waals surface area contributed by atoms with E-state index in [2.05, 4.69) is 59.2 Å². The smallest absolute Gasteiger partial charge is 0.254 e. The van der Waals surface area contributed by atoms with Crippen LogP contribution in [0.25, 0.3) is 0 Å². The molecule has 1 fully saturated rings. The van der Waals surface area contributed by atoms with Gasteiger partial charge in [-0.25, -0.2) is 4.98 Å². The summed E-state index contributed by atoms with van der Waals surface area (Å²) < 4.78 is 0.588. The van der Waals surface area contributed by atoms with Gasteiger partial charge in [0.25, 0.3) is 5.91 Å². The molecule has 1 aliphatic heterocycles. The molecule has 0 aromatic carbocycles. The Bertz CT molecular complexity index is 498. The number of rotatable bonds is 2. The molecule has 0 unspecified atom stereocenters. The van der Waals surface area contributed by atoms with E-state index in [-0.39, 0.29) is 23.0 Å². The van der Waals surface area contributed by atoms with Gasteiger partial charge in [0, 0.05) is 23.3 Å². The Balaban J connectivity index is 2.10. The van der Waals surface area contributed by atoms with E-state index in [4.69, 9.17) is 0 Å². The maximum Gasteiger partial charge on any atom is 0.254 e. The van der Waals surface area contributed by atoms with Gasteiger partial charge in [0.05, 0.1) is 5.56 Å². The molecule has 1 saturated heterocycles. The average molecular weight is 340 g/mol. The summed E-state index contributed by atoms with van der Waals surface area (Å²) in [6.45, 7) is 8.69. The highest BCUT2D eigenvalue weighted by Crippen LogP contribution is 2.28. The van der Waals surface area contributed by atoms with Crippen molar-refractivity contribution in [1.29, 1.82) is 0 Å². The van der Waals surface area contributed by atoms with Crippen LogP contribution in [0, 0.1) is 0 Å². The lowest BCUT2D eigenvalue weighted by Gasteiger charge is -2.46. The molecule has 4 nitrogen and oxygen atoms in total. The van der Waals surface area contributed by atoms with Gasteiger partial charge >= 0.3 is 0 Å². The number of piperidine rings is 1. The zero-order valence-electron chi connectivity index (χ0n) is 12.5. The van der Waals surface area contributed by atoms with E-state index in [0.29, 0.717) is 10.2 Å². The van der Waals surface area contributed by atoms with Crippen LogP contribution in [0.4, 0.5) is 0 Å². The first-order valence-electron chi connectivity index (χ1n) is 6.89. The molecule has 20 heavy (non-hydrogen) atoms. The minimum absolute atomic E-state index is 0.0197. The van der Waals surface area contributed by atoms with Gasteiger partial charge in [0.2, 0.25) is 0 Å². The van der Waals surface area contributed by atoms with E-state index >= 15 is 0 Å². The summed E-state index contributed by atoms with van der Waals surface area (Å²) in [6, 6.07) is 3.72. The standard InChI is InChI=1S/C15H22BrN3O/c1-14(2)8-10(9-15(3,4)19-14)18-13(20)11-6-5-7-17-12(11)16/h5-7,10,19H,8-9H2,1-4H3,(H,18,20). The van der Waals surface area contributed by atoms with Crippen molar-refractivity contribution >= 4 is 21.8 Å². The first-order valence-corrected chi connectivity index (χ1v) is 7.69. The fraction of sp³-hybridized carbons (Fsp3) is 0.600. The van der Waals surface area contributed by atoms with Gasteiger partial charge in [-0.1, -0.05) is 0 Å². The lowest BCUT2D eigenvalue weighted by molar-refractivity contribution is 0.0872. The SMILES string of the molecule is CC1(C)CC(NC(=O)c2cccnc2Br)CC(C)(C)N1. The van der Waals surface area contributed by atoms with Gasteiger partial charge in [-0.05, 0) is 68.6 Å². The number of nitrogens with one attached hydrogen (secondary N) is 2. The van der Waals surface area contributed by atoms with Crippen LogP contribution in [0.1, 0.15) is 50.9 Å². The molecule has 1 amide bonds. The van der Waals surface area contributed by atoms with Gasteiger partial charge < -0.3 is 10.6 Å². The molecule has 0 spiro atoms. The number of amides is 1. The van der Waals surface area contributed by atoms with E-state index in [9.17, 15) is 4.79 Å². The van der Waals surface area contributed by atoms with Crippen LogP contribution in [-0.2, 0) is 0 Å². The second-order valence-electron chi connectivity index (χ2n) is 6.81. The Kier molecular flexibility index (Phi) is 4.21. The molecule has 1 aromatic rings. The summed E-state index contributed by atoms with van der Waals surface area (Å²) >= 11 is 3.32. The van der Waals surface area contributed by atoms with Gasteiger partial charge in [-0.15, -0.1) is 0 Å². The number of pyridine rings is 1. The molecule has 1 aliphatic rings. The topological polar surface area (TPSA) is 54.0 Å². The van der Waals surface area contributed by atoms with Crippen molar-refractivity contribution in [2.24, 2.45) is 0 Å². The Morgan fingerprint density at radius 2 is 1.95 bits per heavy atom. The highest BCUT2D eigenvalue weighted by Gasteiger charge is 2.38. The third-order valence-corrected chi connectivity index (χ3v) is 4.16. The second kappa shape index (κ2) is 5.45. The summed E-state index contributed by atoms with van der Waals surface area (Å²) in [4.78, 5) is 16.4. The summed E-state index contributed by atoms with van der Waals surface area (Å²) in [7, 11) is 0. The third kappa shape index (κ3) is 3.79. The van der Waals surface area contributed by atoms with Crippen molar-refractivity contribution in [3.8, 4) is 0 Å². The molecule has 0 radical (unpaired) electrons. The number of hydrogen-bond donors (Lipinski definition) is 2. The Morgan fingerprint density at radius 1 is 1.35 bits per heavy atom. The van der Waals surface area contributed by atoms with Crippen LogP contribution in [-0.4, -0.2) is 28.0 Å². The highest BCUT2D eigenvalue weighted by atomic mass is 79.9. The summed E-state index contributed by atoms with van der Waals surface area (Å²) in [5.41, 5.74) is 0.624. The molecule has 0 aliphatic carbocycles. The molecule has 2 rings (SSSR count). The minimum atomic E-state index is -0.0662. The van der Waals surface area contributed by atoms with Crippen LogP contribution in [0.3, 0.4) is 0 Å². The zero-order chi connectivity index (χ0) is 15.0. The lowest BCUT2D eigenvalue weighted by atomic mass is 9.79. The first kappa shape index (κ1) is 15.4. The Hall–Kier alpha value is -0.940. The molecule has 0 bridgehead atoms. The Morgan fingerprint density at radius 3 is 2.50 bits per heavy atom. The molecule has 1 aromatic heterocycles. The maximum atomic E-state index is 12.4. The molecule has 2 heterocycles. The van der Waals surface area contributed by atoms with Crippen LogP contribution >= 0.6 is 15.9 Å². The van der Waals surface area contributed by atoms with Crippen molar-refractivity contribution in [1.82, 2.24) is 15.6 Å². The normalized spacial score (nSPS) is 21.4. The number of aromatic nitrogens is 1. The first-order chi connectivity index (χ1) is 9.19. The molecule has 0 saturated carbocycles. The molecule has 5 heteroatoms. The summed E-state index contributed by atoms with van der Waals surface area (Å²) in [6.07, 6.45) is 3.50. The largest absolute Gasteiger partial charge is 0.349 e.